The van der Waals surface area contributed by atoms with E-state index in [2.05, 4.69) is 44.0 Å². The monoisotopic (exact) mass is 395 g/mol. The van der Waals surface area contributed by atoms with E-state index < -0.39 is 11.5 Å². The fourth-order valence-corrected chi connectivity index (χ4v) is 5.35. The Morgan fingerprint density at radius 2 is 1.93 bits per heavy atom. The first kappa shape index (κ1) is 18.8. The largest absolute Gasteiger partial charge is 0.360 e. The quantitative estimate of drug-likeness (QED) is 0.726. The fraction of sp³-hybridized carbons (Fsp3) is 0.565. The number of carbonyl (C=O) groups excluding carboxylic acids is 2. The van der Waals surface area contributed by atoms with Crippen LogP contribution in [0.1, 0.15) is 16.7 Å². The van der Waals surface area contributed by atoms with E-state index in [-0.39, 0.29) is 23.8 Å². The highest BCUT2D eigenvalue weighted by atomic mass is 16.5. The molecular formula is C23H29N3O3. The summed E-state index contributed by atoms with van der Waals surface area (Å²) in [5.74, 6) is -0.639. The molecule has 2 amide bonds. The van der Waals surface area contributed by atoms with Crippen LogP contribution in [-0.2, 0) is 20.9 Å². The van der Waals surface area contributed by atoms with Crippen LogP contribution in [0, 0.1) is 25.7 Å². The van der Waals surface area contributed by atoms with Crippen molar-refractivity contribution < 1.29 is 14.3 Å². The summed E-state index contributed by atoms with van der Waals surface area (Å²) in [7, 11) is 2.07. The molecule has 0 unspecified atom stereocenters. The number of carbonyl (C=O) groups is 2. The van der Waals surface area contributed by atoms with E-state index in [9.17, 15) is 9.59 Å². The number of aryl methyl sites for hydroxylation is 2. The van der Waals surface area contributed by atoms with Crippen molar-refractivity contribution in [2.24, 2.45) is 11.8 Å². The first-order valence-electron chi connectivity index (χ1n) is 10.6. The van der Waals surface area contributed by atoms with E-state index >= 15 is 0 Å². The number of hydrogen-bond acceptors (Lipinski definition) is 4. The molecule has 29 heavy (non-hydrogen) atoms. The number of nitrogens with zero attached hydrogens (tertiary/aromatic N) is 3. The number of benzene rings is 1. The van der Waals surface area contributed by atoms with E-state index in [1.165, 1.54) is 11.1 Å². The molecule has 1 aromatic carbocycles. The third-order valence-corrected chi connectivity index (χ3v) is 7.22. The Morgan fingerprint density at radius 1 is 1.17 bits per heavy atom. The van der Waals surface area contributed by atoms with Gasteiger partial charge in [-0.3, -0.25) is 9.59 Å². The molecule has 4 aliphatic rings. The predicted octanol–water partition coefficient (Wildman–Crippen LogP) is 1.36. The van der Waals surface area contributed by atoms with E-state index in [1.807, 2.05) is 22.0 Å². The maximum Gasteiger partial charge on any atom is 0.230 e. The first-order valence-corrected chi connectivity index (χ1v) is 10.6. The van der Waals surface area contributed by atoms with Crippen LogP contribution in [0.3, 0.4) is 0 Å². The molecule has 3 saturated heterocycles. The predicted molar refractivity (Wildman–Crippen MR) is 109 cm³/mol. The van der Waals surface area contributed by atoms with Crippen LogP contribution in [0.2, 0.25) is 0 Å². The van der Waals surface area contributed by atoms with Gasteiger partial charge in [0.05, 0.1) is 24.5 Å². The molecule has 2 bridgehead atoms. The maximum atomic E-state index is 13.4. The van der Waals surface area contributed by atoms with E-state index in [0.29, 0.717) is 13.1 Å². The lowest BCUT2D eigenvalue weighted by Crippen LogP contribution is -2.52. The van der Waals surface area contributed by atoms with Crippen molar-refractivity contribution in [1.29, 1.82) is 0 Å². The Balaban J connectivity index is 1.37. The van der Waals surface area contributed by atoms with Crippen molar-refractivity contribution in [2.75, 3.05) is 39.8 Å². The van der Waals surface area contributed by atoms with Gasteiger partial charge < -0.3 is 19.4 Å². The smallest absolute Gasteiger partial charge is 0.230 e. The van der Waals surface area contributed by atoms with E-state index in [0.717, 1.165) is 31.7 Å². The molecule has 154 valence electrons. The summed E-state index contributed by atoms with van der Waals surface area (Å²) in [6.07, 6.45) is 3.77. The van der Waals surface area contributed by atoms with Crippen LogP contribution in [0.15, 0.2) is 30.4 Å². The first-order chi connectivity index (χ1) is 13.9. The number of fused-ring (bicyclic) bond motifs is 1. The van der Waals surface area contributed by atoms with Gasteiger partial charge in [0.1, 0.15) is 5.60 Å². The average Bonchev–Trinajstić information content (AvgIpc) is 3.33. The standard InChI is InChI=1S/C23H29N3O3/c1-15-4-5-17(12-16(15)2)13-26-14-23-7-6-18(29-23)19(20(23)22(26)28)21(27)25-10-8-24(3)9-11-25/h4-7,12,18-20H,8-11,13-14H2,1-3H3/t18-,19-,20+,23-/m0/s1. The number of piperazine rings is 1. The highest BCUT2D eigenvalue weighted by Crippen LogP contribution is 2.52. The van der Waals surface area contributed by atoms with Gasteiger partial charge in [0.25, 0.3) is 0 Å². The van der Waals surface area contributed by atoms with Crippen molar-refractivity contribution in [3.05, 3.63) is 47.0 Å². The second kappa shape index (κ2) is 6.67. The summed E-state index contributed by atoms with van der Waals surface area (Å²) >= 11 is 0. The Hall–Kier alpha value is -2.18. The average molecular weight is 396 g/mol. The van der Waals surface area contributed by atoms with Gasteiger partial charge in [-0.05, 0) is 37.6 Å². The van der Waals surface area contributed by atoms with Gasteiger partial charge in [-0.25, -0.2) is 0 Å². The third-order valence-electron chi connectivity index (χ3n) is 7.22. The minimum Gasteiger partial charge on any atom is -0.360 e. The number of ether oxygens (including phenoxy) is 1. The van der Waals surface area contributed by atoms with Crippen LogP contribution >= 0.6 is 0 Å². The molecule has 0 N–H and O–H groups in total. The lowest BCUT2D eigenvalue weighted by molar-refractivity contribution is -0.144. The van der Waals surface area contributed by atoms with Crippen molar-refractivity contribution in [1.82, 2.24) is 14.7 Å². The van der Waals surface area contributed by atoms with Crippen molar-refractivity contribution in [3.8, 4) is 0 Å². The van der Waals surface area contributed by atoms with Gasteiger partial charge >= 0.3 is 0 Å². The Bertz CT molecular complexity index is 889. The number of hydrogen-bond donors (Lipinski definition) is 0. The zero-order valence-electron chi connectivity index (χ0n) is 17.4. The molecule has 1 spiro atoms. The Morgan fingerprint density at radius 3 is 2.66 bits per heavy atom. The number of likely N-dealkylation sites (tertiary alicyclic amines) is 1. The van der Waals surface area contributed by atoms with Crippen LogP contribution in [0.25, 0.3) is 0 Å². The Kier molecular flexibility index (Phi) is 4.33. The SMILES string of the molecule is Cc1ccc(CN2C[C@]34C=C[C@H](O3)[C@H](C(=O)N3CCN(C)CC3)[C@@H]4C2=O)cc1C. The molecule has 0 radical (unpaired) electrons. The van der Waals surface area contributed by atoms with E-state index in [4.69, 9.17) is 4.74 Å². The van der Waals surface area contributed by atoms with Crippen molar-refractivity contribution >= 4 is 11.8 Å². The van der Waals surface area contributed by atoms with Gasteiger partial charge in [0.15, 0.2) is 0 Å². The summed E-state index contributed by atoms with van der Waals surface area (Å²) in [5.41, 5.74) is 2.97. The lowest BCUT2D eigenvalue weighted by atomic mass is 9.76. The molecule has 6 heteroatoms. The Labute approximate surface area is 172 Å². The second-order valence-corrected chi connectivity index (χ2v) is 9.14. The van der Waals surface area contributed by atoms with Crippen LogP contribution in [0.5, 0.6) is 0 Å². The molecule has 4 heterocycles. The number of likely N-dealkylation sites (N-methyl/N-ethyl adjacent to an activating group) is 1. The molecule has 0 aliphatic carbocycles. The number of rotatable bonds is 3. The summed E-state index contributed by atoms with van der Waals surface area (Å²) in [6, 6.07) is 6.34. The third kappa shape index (κ3) is 2.92. The molecule has 3 fully saturated rings. The van der Waals surface area contributed by atoms with Gasteiger partial charge in [0, 0.05) is 32.7 Å². The summed E-state index contributed by atoms with van der Waals surface area (Å²) in [4.78, 5) is 32.8. The normalized spacial score (nSPS) is 33.6. The maximum absolute atomic E-state index is 13.4. The summed E-state index contributed by atoms with van der Waals surface area (Å²) < 4.78 is 6.28. The minimum absolute atomic E-state index is 0.0579. The van der Waals surface area contributed by atoms with Crippen molar-refractivity contribution in [2.45, 2.75) is 32.1 Å². The summed E-state index contributed by atoms with van der Waals surface area (Å²) in [5, 5.41) is 0. The highest BCUT2D eigenvalue weighted by molar-refractivity contribution is 5.93. The number of amides is 2. The van der Waals surface area contributed by atoms with Crippen LogP contribution < -0.4 is 0 Å². The van der Waals surface area contributed by atoms with Gasteiger partial charge in [-0.1, -0.05) is 30.4 Å². The molecule has 0 saturated carbocycles. The molecule has 1 aromatic rings. The highest BCUT2D eigenvalue weighted by Gasteiger charge is 2.67. The van der Waals surface area contributed by atoms with Crippen LogP contribution in [-0.4, -0.2) is 78.0 Å². The molecule has 6 nitrogen and oxygen atoms in total. The lowest BCUT2D eigenvalue weighted by Gasteiger charge is -2.35. The van der Waals surface area contributed by atoms with Gasteiger partial charge in [-0.15, -0.1) is 0 Å². The second-order valence-electron chi connectivity index (χ2n) is 9.14. The molecular weight excluding hydrogens is 366 g/mol. The van der Waals surface area contributed by atoms with Crippen LogP contribution in [0.4, 0.5) is 0 Å². The molecule has 5 rings (SSSR count). The minimum atomic E-state index is -0.631. The van der Waals surface area contributed by atoms with Gasteiger partial charge in [-0.2, -0.15) is 0 Å². The fourth-order valence-electron chi connectivity index (χ4n) is 5.35. The molecule has 4 atom stereocenters. The molecule has 4 aliphatic heterocycles. The van der Waals surface area contributed by atoms with Crippen molar-refractivity contribution in [3.63, 3.8) is 0 Å². The van der Waals surface area contributed by atoms with Gasteiger partial charge in [0.2, 0.25) is 11.8 Å². The summed E-state index contributed by atoms with van der Waals surface area (Å²) in [6.45, 7) is 8.49. The topological polar surface area (TPSA) is 53.1 Å². The zero-order valence-corrected chi connectivity index (χ0v) is 17.4. The zero-order chi connectivity index (χ0) is 20.3. The van der Waals surface area contributed by atoms with E-state index in [1.54, 1.807) is 0 Å². The molecule has 0 aromatic heterocycles.